The number of carbonyl (C=O) groups is 1. The van der Waals surface area contributed by atoms with Crippen molar-refractivity contribution in [1.29, 1.82) is 0 Å². The number of urea groups is 1. The van der Waals surface area contributed by atoms with Gasteiger partial charge in [0.05, 0.1) is 26.5 Å². The molecule has 0 fully saturated rings. The standard InChI is InChI=1S/C18H19ClN2O4/c1-11-10-21(14-8-12(19)4-6-15(14)25-11)18(22)20-13-5-7-16(23-2)17(9-13)24-3/h4-9,11H,10H2,1-3H3,(H,20,22). The summed E-state index contributed by atoms with van der Waals surface area (Å²) >= 11 is 6.07. The third-order valence-electron chi connectivity index (χ3n) is 3.86. The molecule has 0 radical (unpaired) electrons. The SMILES string of the molecule is COc1ccc(NC(=O)N2CC(C)Oc3ccc(Cl)cc32)cc1OC. The van der Waals surface area contributed by atoms with Crippen LogP contribution in [0.25, 0.3) is 0 Å². The Morgan fingerprint density at radius 2 is 1.96 bits per heavy atom. The van der Waals surface area contributed by atoms with Crippen LogP contribution < -0.4 is 24.4 Å². The van der Waals surface area contributed by atoms with Gasteiger partial charge in [-0.3, -0.25) is 4.90 Å². The zero-order chi connectivity index (χ0) is 18.0. The summed E-state index contributed by atoms with van der Waals surface area (Å²) in [6.07, 6.45) is -0.121. The number of anilines is 2. The van der Waals surface area contributed by atoms with Gasteiger partial charge < -0.3 is 19.5 Å². The fraction of sp³-hybridized carbons (Fsp3) is 0.278. The summed E-state index contributed by atoms with van der Waals surface area (Å²) in [5, 5.41) is 3.41. The van der Waals surface area contributed by atoms with Gasteiger partial charge in [-0.05, 0) is 37.3 Å². The lowest BCUT2D eigenvalue weighted by Crippen LogP contribution is -2.44. The van der Waals surface area contributed by atoms with E-state index < -0.39 is 0 Å². The minimum absolute atomic E-state index is 0.121. The third-order valence-corrected chi connectivity index (χ3v) is 4.09. The monoisotopic (exact) mass is 362 g/mol. The molecule has 0 aromatic heterocycles. The lowest BCUT2D eigenvalue weighted by atomic mass is 10.2. The van der Waals surface area contributed by atoms with Crippen LogP contribution in [-0.4, -0.2) is 32.9 Å². The average Bonchev–Trinajstić information content (AvgIpc) is 2.61. The first-order valence-corrected chi connectivity index (χ1v) is 8.16. The Bertz CT molecular complexity index is 797. The molecule has 25 heavy (non-hydrogen) atoms. The summed E-state index contributed by atoms with van der Waals surface area (Å²) in [6, 6.07) is 10.2. The number of fused-ring (bicyclic) bond motifs is 1. The second-order valence-electron chi connectivity index (χ2n) is 5.65. The number of halogens is 1. The third kappa shape index (κ3) is 3.58. The topological polar surface area (TPSA) is 60.0 Å². The minimum Gasteiger partial charge on any atom is -0.493 e. The highest BCUT2D eigenvalue weighted by molar-refractivity contribution is 6.31. The molecular weight excluding hydrogens is 344 g/mol. The molecule has 2 amide bonds. The number of rotatable bonds is 3. The molecular formula is C18H19ClN2O4. The quantitative estimate of drug-likeness (QED) is 0.889. The Hall–Kier alpha value is -2.60. The van der Waals surface area contributed by atoms with Gasteiger partial charge in [-0.15, -0.1) is 0 Å². The second kappa shape index (κ2) is 7.11. The van der Waals surface area contributed by atoms with E-state index in [1.807, 2.05) is 6.92 Å². The van der Waals surface area contributed by atoms with Gasteiger partial charge in [0.2, 0.25) is 0 Å². The average molecular weight is 363 g/mol. The van der Waals surface area contributed by atoms with E-state index in [4.69, 9.17) is 25.8 Å². The maximum absolute atomic E-state index is 12.8. The van der Waals surface area contributed by atoms with Gasteiger partial charge in [0.15, 0.2) is 11.5 Å². The molecule has 0 aliphatic carbocycles. The van der Waals surface area contributed by atoms with E-state index in [-0.39, 0.29) is 12.1 Å². The Balaban J connectivity index is 1.86. The molecule has 2 aromatic rings. The van der Waals surface area contributed by atoms with E-state index in [1.54, 1.807) is 55.5 Å². The molecule has 3 rings (SSSR count). The number of carbonyl (C=O) groups excluding carboxylic acids is 1. The highest BCUT2D eigenvalue weighted by atomic mass is 35.5. The fourth-order valence-electron chi connectivity index (χ4n) is 2.71. The van der Waals surface area contributed by atoms with E-state index in [2.05, 4.69) is 5.32 Å². The van der Waals surface area contributed by atoms with Crippen molar-refractivity contribution in [1.82, 2.24) is 0 Å². The molecule has 1 aliphatic heterocycles. The number of amides is 2. The number of ether oxygens (including phenoxy) is 3. The highest BCUT2D eigenvalue weighted by Crippen LogP contribution is 2.36. The number of hydrogen-bond donors (Lipinski definition) is 1. The smallest absolute Gasteiger partial charge is 0.326 e. The van der Waals surface area contributed by atoms with Crippen molar-refractivity contribution in [3.05, 3.63) is 41.4 Å². The Kier molecular flexibility index (Phi) is 4.90. The van der Waals surface area contributed by atoms with Crippen LogP contribution in [0.4, 0.5) is 16.2 Å². The van der Waals surface area contributed by atoms with Crippen LogP contribution in [0.3, 0.4) is 0 Å². The number of nitrogens with zero attached hydrogens (tertiary/aromatic N) is 1. The Labute approximate surface area is 151 Å². The first-order valence-electron chi connectivity index (χ1n) is 7.78. The van der Waals surface area contributed by atoms with E-state index in [0.29, 0.717) is 40.2 Å². The molecule has 1 atom stereocenters. The number of benzene rings is 2. The van der Waals surface area contributed by atoms with Crippen LogP contribution >= 0.6 is 11.6 Å². The second-order valence-corrected chi connectivity index (χ2v) is 6.09. The minimum atomic E-state index is -0.272. The molecule has 6 nitrogen and oxygen atoms in total. The van der Waals surface area contributed by atoms with Crippen molar-refractivity contribution in [2.45, 2.75) is 13.0 Å². The van der Waals surface area contributed by atoms with Gasteiger partial charge in [0.25, 0.3) is 0 Å². The molecule has 0 spiro atoms. The van der Waals surface area contributed by atoms with Crippen molar-refractivity contribution in [3.8, 4) is 17.2 Å². The first kappa shape index (κ1) is 17.2. The van der Waals surface area contributed by atoms with E-state index in [0.717, 1.165) is 0 Å². The lowest BCUT2D eigenvalue weighted by molar-refractivity contribution is 0.208. The van der Waals surface area contributed by atoms with Gasteiger partial charge >= 0.3 is 6.03 Å². The zero-order valence-electron chi connectivity index (χ0n) is 14.2. The van der Waals surface area contributed by atoms with Crippen LogP contribution in [0.1, 0.15) is 6.92 Å². The van der Waals surface area contributed by atoms with Gasteiger partial charge in [-0.2, -0.15) is 0 Å². The van der Waals surface area contributed by atoms with Gasteiger partial charge in [0.1, 0.15) is 11.9 Å². The lowest BCUT2D eigenvalue weighted by Gasteiger charge is -2.33. The van der Waals surface area contributed by atoms with Crippen molar-refractivity contribution < 1.29 is 19.0 Å². The molecule has 1 heterocycles. The van der Waals surface area contributed by atoms with Gasteiger partial charge in [0, 0.05) is 16.8 Å². The Morgan fingerprint density at radius 1 is 1.20 bits per heavy atom. The zero-order valence-corrected chi connectivity index (χ0v) is 15.0. The van der Waals surface area contributed by atoms with Gasteiger partial charge in [-0.1, -0.05) is 11.6 Å². The maximum atomic E-state index is 12.8. The van der Waals surface area contributed by atoms with Crippen LogP contribution in [0.5, 0.6) is 17.2 Å². The molecule has 0 saturated heterocycles. The van der Waals surface area contributed by atoms with E-state index in [9.17, 15) is 4.79 Å². The van der Waals surface area contributed by atoms with Gasteiger partial charge in [-0.25, -0.2) is 4.79 Å². The van der Waals surface area contributed by atoms with Crippen molar-refractivity contribution >= 4 is 29.0 Å². The van der Waals surface area contributed by atoms with Crippen molar-refractivity contribution in [2.24, 2.45) is 0 Å². The molecule has 0 bridgehead atoms. The molecule has 0 saturated carbocycles. The summed E-state index contributed by atoms with van der Waals surface area (Å²) in [7, 11) is 3.11. The van der Waals surface area contributed by atoms with Crippen LogP contribution in [-0.2, 0) is 0 Å². The summed E-state index contributed by atoms with van der Waals surface area (Å²) < 4.78 is 16.2. The van der Waals surface area contributed by atoms with E-state index >= 15 is 0 Å². The summed E-state index contributed by atoms with van der Waals surface area (Å²) in [5.41, 5.74) is 1.24. The first-order chi connectivity index (χ1) is 12.0. The summed E-state index contributed by atoms with van der Waals surface area (Å²) in [5.74, 6) is 1.77. The molecule has 1 aliphatic rings. The molecule has 132 valence electrons. The molecule has 2 aromatic carbocycles. The summed E-state index contributed by atoms with van der Waals surface area (Å²) in [6.45, 7) is 2.33. The Morgan fingerprint density at radius 3 is 2.68 bits per heavy atom. The van der Waals surface area contributed by atoms with Crippen molar-refractivity contribution in [3.63, 3.8) is 0 Å². The number of hydrogen-bond acceptors (Lipinski definition) is 4. The van der Waals surface area contributed by atoms with Crippen LogP contribution in [0.15, 0.2) is 36.4 Å². The largest absolute Gasteiger partial charge is 0.493 e. The molecule has 1 unspecified atom stereocenters. The normalized spacial score (nSPS) is 15.8. The van der Waals surface area contributed by atoms with Crippen molar-refractivity contribution in [2.75, 3.05) is 31.0 Å². The predicted octanol–water partition coefficient (Wildman–Crippen LogP) is 4.18. The summed E-state index contributed by atoms with van der Waals surface area (Å²) in [4.78, 5) is 14.4. The van der Waals surface area contributed by atoms with Crippen LogP contribution in [0.2, 0.25) is 5.02 Å². The van der Waals surface area contributed by atoms with Crippen LogP contribution in [0, 0.1) is 0 Å². The number of nitrogens with one attached hydrogen (secondary N) is 1. The fourth-order valence-corrected chi connectivity index (χ4v) is 2.87. The van der Waals surface area contributed by atoms with E-state index in [1.165, 1.54) is 0 Å². The maximum Gasteiger partial charge on any atom is 0.326 e. The predicted molar refractivity (Wildman–Crippen MR) is 97.5 cm³/mol. The highest BCUT2D eigenvalue weighted by Gasteiger charge is 2.28. The molecule has 1 N–H and O–H groups in total. The molecule has 7 heteroatoms. The number of methoxy groups -OCH3 is 2.